The van der Waals surface area contributed by atoms with Crippen LogP contribution in [0.1, 0.15) is 40.5 Å². The van der Waals surface area contributed by atoms with E-state index in [-0.39, 0.29) is 17.6 Å². The summed E-state index contributed by atoms with van der Waals surface area (Å²) in [5.41, 5.74) is 0. The summed E-state index contributed by atoms with van der Waals surface area (Å²) in [7, 11) is 0. The van der Waals surface area contributed by atoms with Crippen LogP contribution in [0.25, 0.3) is 0 Å². The quantitative estimate of drug-likeness (QED) is 0.555. The Balaban J connectivity index is 3.20. The lowest BCUT2D eigenvalue weighted by molar-refractivity contribution is -0.149. The van der Waals surface area contributed by atoms with E-state index in [1.165, 1.54) is 13.0 Å². The van der Waals surface area contributed by atoms with Crippen molar-refractivity contribution in [3.8, 4) is 0 Å². The molecule has 0 fully saturated rings. The lowest BCUT2D eigenvalue weighted by Crippen LogP contribution is -2.62. The van der Waals surface area contributed by atoms with Crippen LogP contribution < -0.4 is 10.6 Å². The van der Waals surface area contributed by atoms with E-state index in [1.807, 2.05) is 20.8 Å². The molecule has 1 aliphatic heterocycles. The molecular weight excluding hydrogens is 326 g/mol. The molecule has 2 amide bonds. The number of nitrogens with zero attached hydrogens (tertiary/aromatic N) is 1. The van der Waals surface area contributed by atoms with Gasteiger partial charge in [0.15, 0.2) is 6.10 Å². The second-order valence-corrected chi connectivity index (χ2v) is 6.01. The standard InChI is InChI=1S/C17H29N3O5/c1-5-8-20(9-6-2)16(22)15-14(19-11(4)21)12(18-7-3)10-13(25-15)17(23)24/h10,12,14-15,18H,5-9H2,1-4H3,(H,19,21)(H,23,24)/t12-,14+,15+/m0/s1. The average Bonchev–Trinajstić information content (AvgIpc) is 2.55. The van der Waals surface area contributed by atoms with Gasteiger partial charge in [-0.2, -0.15) is 0 Å². The molecule has 1 aliphatic rings. The van der Waals surface area contributed by atoms with Crippen molar-refractivity contribution in [3.05, 3.63) is 11.8 Å². The smallest absolute Gasteiger partial charge is 0.370 e. The van der Waals surface area contributed by atoms with Crippen LogP contribution in [0, 0.1) is 0 Å². The van der Waals surface area contributed by atoms with Crippen LogP contribution in [0.4, 0.5) is 0 Å². The van der Waals surface area contributed by atoms with Crippen molar-refractivity contribution in [2.45, 2.75) is 58.7 Å². The van der Waals surface area contributed by atoms with E-state index >= 15 is 0 Å². The number of nitrogens with one attached hydrogen (secondary N) is 2. The van der Waals surface area contributed by atoms with Gasteiger partial charge >= 0.3 is 5.97 Å². The van der Waals surface area contributed by atoms with Gasteiger partial charge in [0, 0.05) is 20.0 Å². The number of likely N-dealkylation sites (N-methyl/N-ethyl adjacent to an activating group) is 1. The maximum absolute atomic E-state index is 13.0. The summed E-state index contributed by atoms with van der Waals surface area (Å²) in [5, 5.41) is 15.1. The molecule has 0 aromatic carbocycles. The molecule has 3 N–H and O–H groups in total. The van der Waals surface area contributed by atoms with Crippen molar-refractivity contribution >= 4 is 17.8 Å². The van der Waals surface area contributed by atoms with E-state index in [2.05, 4.69) is 10.6 Å². The van der Waals surface area contributed by atoms with Crippen molar-refractivity contribution in [3.63, 3.8) is 0 Å². The summed E-state index contributed by atoms with van der Waals surface area (Å²) in [6.07, 6.45) is 1.88. The van der Waals surface area contributed by atoms with Crippen LogP contribution >= 0.6 is 0 Å². The van der Waals surface area contributed by atoms with Crippen molar-refractivity contribution < 1.29 is 24.2 Å². The van der Waals surface area contributed by atoms with Gasteiger partial charge in [0.25, 0.3) is 5.91 Å². The van der Waals surface area contributed by atoms with E-state index in [0.29, 0.717) is 19.6 Å². The minimum absolute atomic E-state index is 0.279. The van der Waals surface area contributed by atoms with E-state index in [0.717, 1.165) is 12.8 Å². The van der Waals surface area contributed by atoms with Gasteiger partial charge in [0.2, 0.25) is 11.7 Å². The van der Waals surface area contributed by atoms with E-state index in [4.69, 9.17) is 4.74 Å². The van der Waals surface area contributed by atoms with Crippen LogP contribution in [-0.2, 0) is 19.1 Å². The highest BCUT2D eigenvalue weighted by Gasteiger charge is 2.42. The Hall–Kier alpha value is -2.09. The Kier molecular flexibility index (Phi) is 8.40. The fourth-order valence-electron chi connectivity index (χ4n) is 2.90. The van der Waals surface area contributed by atoms with Gasteiger partial charge in [0.1, 0.15) is 0 Å². The number of carboxylic acids is 1. The van der Waals surface area contributed by atoms with E-state index in [1.54, 1.807) is 4.90 Å². The lowest BCUT2D eigenvalue weighted by atomic mass is 9.96. The van der Waals surface area contributed by atoms with E-state index < -0.39 is 24.2 Å². The molecule has 0 saturated heterocycles. The van der Waals surface area contributed by atoms with Crippen molar-refractivity contribution in [1.29, 1.82) is 0 Å². The maximum Gasteiger partial charge on any atom is 0.370 e. The summed E-state index contributed by atoms with van der Waals surface area (Å²) >= 11 is 0. The summed E-state index contributed by atoms with van der Waals surface area (Å²) in [5.74, 6) is -2.13. The highest BCUT2D eigenvalue weighted by Crippen LogP contribution is 2.21. The summed E-state index contributed by atoms with van der Waals surface area (Å²) in [6, 6.07) is -1.18. The van der Waals surface area contributed by atoms with Crippen LogP contribution in [-0.4, -0.2) is 65.6 Å². The number of carbonyl (C=O) groups is 3. The second kappa shape index (κ2) is 10.0. The first-order chi connectivity index (χ1) is 11.8. The molecule has 0 aromatic rings. The van der Waals surface area contributed by atoms with E-state index in [9.17, 15) is 19.5 Å². The minimum atomic E-state index is -1.24. The fraction of sp³-hybridized carbons (Fsp3) is 0.706. The number of carboxylic acid groups (broad SMARTS) is 1. The Morgan fingerprint density at radius 1 is 1.20 bits per heavy atom. The molecular formula is C17H29N3O5. The van der Waals surface area contributed by atoms with Gasteiger partial charge < -0.3 is 25.4 Å². The van der Waals surface area contributed by atoms with Crippen molar-refractivity contribution in [2.24, 2.45) is 0 Å². The van der Waals surface area contributed by atoms with Crippen molar-refractivity contribution in [2.75, 3.05) is 19.6 Å². The zero-order valence-electron chi connectivity index (χ0n) is 15.4. The number of ether oxygens (including phenoxy) is 1. The third kappa shape index (κ3) is 5.74. The summed E-state index contributed by atoms with van der Waals surface area (Å²) in [6.45, 7) is 8.82. The fourth-order valence-corrected chi connectivity index (χ4v) is 2.90. The Labute approximate surface area is 148 Å². The molecule has 3 atom stereocenters. The zero-order chi connectivity index (χ0) is 19.0. The summed E-state index contributed by atoms with van der Waals surface area (Å²) < 4.78 is 5.49. The highest BCUT2D eigenvalue weighted by molar-refractivity contribution is 5.88. The van der Waals surface area contributed by atoms with Gasteiger partial charge in [-0.15, -0.1) is 0 Å². The van der Waals surface area contributed by atoms with Gasteiger partial charge in [-0.25, -0.2) is 4.79 Å². The first-order valence-corrected chi connectivity index (χ1v) is 8.76. The number of rotatable bonds is 9. The molecule has 0 spiro atoms. The Bertz CT molecular complexity index is 514. The topological polar surface area (TPSA) is 108 Å². The van der Waals surface area contributed by atoms with Crippen LogP contribution in [0.2, 0.25) is 0 Å². The van der Waals surface area contributed by atoms with Gasteiger partial charge in [-0.3, -0.25) is 9.59 Å². The first kappa shape index (κ1) is 21.0. The highest BCUT2D eigenvalue weighted by atomic mass is 16.5. The van der Waals surface area contributed by atoms with Crippen LogP contribution in [0.5, 0.6) is 0 Å². The largest absolute Gasteiger partial charge is 0.475 e. The maximum atomic E-state index is 13.0. The van der Waals surface area contributed by atoms with Gasteiger partial charge in [0.05, 0.1) is 12.1 Å². The molecule has 8 heteroatoms. The third-order valence-corrected chi connectivity index (χ3v) is 3.86. The number of carbonyl (C=O) groups excluding carboxylic acids is 2. The monoisotopic (exact) mass is 355 g/mol. The summed E-state index contributed by atoms with van der Waals surface area (Å²) in [4.78, 5) is 37.6. The van der Waals surface area contributed by atoms with Gasteiger partial charge in [-0.05, 0) is 25.5 Å². The Morgan fingerprint density at radius 3 is 2.24 bits per heavy atom. The molecule has 0 aliphatic carbocycles. The molecule has 0 bridgehead atoms. The van der Waals surface area contributed by atoms with Gasteiger partial charge in [-0.1, -0.05) is 20.8 Å². The number of hydrogen-bond acceptors (Lipinski definition) is 5. The SMILES string of the molecule is CCCN(CCC)C(=O)[C@@H]1OC(C(=O)O)=C[C@H](NCC)[C@H]1NC(C)=O. The molecule has 8 nitrogen and oxygen atoms in total. The number of amides is 2. The lowest BCUT2D eigenvalue weighted by Gasteiger charge is -2.38. The predicted molar refractivity (Wildman–Crippen MR) is 92.8 cm³/mol. The van der Waals surface area contributed by atoms with Crippen molar-refractivity contribution in [1.82, 2.24) is 15.5 Å². The molecule has 0 saturated carbocycles. The van der Waals surface area contributed by atoms with Crippen LogP contribution in [0.15, 0.2) is 11.8 Å². The predicted octanol–water partition coefficient (Wildman–Crippen LogP) is 0.485. The number of aliphatic carboxylic acids is 1. The average molecular weight is 355 g/mol. The molecule has 0 unspecified atom stereocenters. The zero-order valence-corrected chi connectivity index (χ0v) is 15.4. The first-order valence-electron chi connectivity index (χ1n) is 8.76. The van der Waals surface area contributed by atoms with Crippen LogP contribution in [0.3, 0.4) is 0 Å². The second-order valence-electron chi connectivity index (χ2n) is 6.01. The molecule has 25 heavy (non-hydrogen) atoms. The third-order valence-electron chi connectivity index (χ3n) is 3.86. The molecule has 0 radical (unpaired) electrons. The molecule has 142 valence electrons. The number of hydrogen-bond donors (Lipinski definition) is 3. The molecule has 1 heterocycles. The Morgan fingerprint density at radius 2 is 1.80 bits per heavy atom. The molecule has 0 aromatic heterocycles. The normalized spacial score (nSPS) is 22.6. The molecule has 1 rings (SSSR count). The minimum Gasteiger partial charge on any atom is -0.475 e.